The fourth-order valence-corrected chi connectivity index (χ4v) is 1.34. The van der Waals surface area contributed by atoms with E-state index in [4.69, 9.17) is 0 Å². The Morgan fingerprint density at radius 2 is 2.00 bits per heavy atom. The second-order valence-electron chi connectivity index (χ2n) is 3.22. The van der Waals surface area contributed by atoms with Gasteiger partial charge in [-0.2, -0.15) is 9.78 Å². The summed E-state index contributed by atoms with van der Waals surface area (Å²) in [5.41, 5.74) is 1.74. The lowest BCUT2D eigenvalue weighted by Gasteiger charge is -2.02. The lowest BCUT2D eigenvalue weighted by atomic mass is 10.2. The van der Waals surface area contributed by atoms with Gasteiger partial charge in [0.2, 0.25) is 0 Å². The van der Waals surface area contributed by atoms with Gasteiger partial charge in [-0.25, -0.2) is 4.79 Å². The minimum Gasteiger partial charge on any atom is -0.284 e. The van der Waals surface area contributed by atoms with Crippen molar-refractivity contribution in [3.05, 3.63) is 46.6 Å². The standard InChI is InChI=1S/C10H11N3O/c1-8-5-3-4-6-9(8)13-10(14)12(2)7-11-13/h3-7H,1-2H3. The minimum atomic E-state index is -0.126. The topological polar surface area (TPSA) is 39.8 Å². The van der Waals surface area contributed by atoms with Crippen LogP contribution in [0.1, 0.15) is 5.56 Å². The predicted octanol–water partition coefficient (Wildman–Crippen LogP) is 0.879. The van der Waals surface area contributed by atoms with Crippen LogP contribution in [0.3, 0.4) is 0 Å². The summed E-state index contributed by atoms with van der Waals surface area (Å²) < 4.78 is 2.85. The third-order valence-corrected chi connectivity index (χ3v) is 2.17. The van der Waals surface area contributed by atoms with Gasteiger partial charge in [-0.3, -0.25) is 4.57 Å². The van der Waals surface area contributed by atoms with Gasteiger partial charge in [0.25, 0.3) is 0 Å². The summed E-state index contributed by atoms with van der Waals surface area (Å²) >= 11 is 0. The molecule has 0 aliphatic carbocycles. The van der Waals surface area contributed by atoms with Crippen LogP contribution in [0.2, 0.25) is 0 Å². The molecule has 4 nitrogen and oxygen atoms in total. The maximum atomic E-state index is 11.6. The van der Waals surface area contributed by atoms with Crippen LogP contribution >= 0.6 is 0 Å². The first-order valence-corrected chi connectivity index (χ1v) is 4.37. The Hall–Kier alpha value is -1.84. The van der Waals surface area contributed by atoms with Crippen LogP contribution in [-0.4, -0.2) is 14.3 Å². The first-order chi connectivity index (χ1) is 6.70. The number of para-hydroxylation sites is 1. The zero-order valence-corrected chi connectivity index (χ0v) is 8.14. The highest BCUT2D eigenvalue weighted by atomic mass is 16.2. The van der Waals surface area contributed by atoms with E-state index in [1.165, 1.54) is 15.6 Å². The molecule has 0 unspecified atom stereocenters. The summed E-state index contributed by atoms with van der Waals surface area (Å²) in [6.07, 6.45) is 1.51. The van der Waals surface area contributed by atoms with Crippen LogP contribution in [0.15, 0.2) is 35.4 Å². The molecule has 0 amide bonds. The molecule has 1 aromatic heterocycles. The molecule has 4 heteroatoms. The number of aromatic nitrogens is 3. The van der Waals surface area contributed by atoms with Gasteiger partial charge in [0.05, 0.1) is 5.69 Å². The predicted molar refractivity (Wildman–Crippen MR) is 53.5 cm³/mol. The van der Waals surface area contributed by atoms with Crippen molar-refractivity contribution in [2.75, 3.05) is 0 Å². The van der Waals surface area contributed by atoms with E-state index in [0.717, 1.165) is 11.3 Å². The summed E-state index contributed by atoms with van der Waals surface area (Å²) in [6, 6.07) is 7.66. The Balaban J connectivity index is 2.67. The Morgan fingerprint density at radius 3 is 2.57 bits per heavy atom. The quantitative estimate of drug-likeness (QED) is 0.668. The highest BCUT2D eigenvalue weighted by molar-refractivity contribution is 5.38. The monoisotopic (exact) mass is 189 g/mol. The zero-order chi connectivity index (χ0) is 10.1. The van der Waals surface area contributed by atoms with E-state index in [2.05, 4.69) is 5.10 Å². The molecular weight excluding hydrogens is 178 g/mol. The highest BCUT2D eigenvalue weighted by Gasteiger charge is 2.05. The number of nitrogens with zero attached hydrogens (tertiary/aromatic N) is 3. The fourth-order valence-electron chi connectivity index (χ4n) is 1.34. The van der Waals surface area contributed by atoms with E-state index in [-0.39, 0.29) is 5.69 Å². The molecule has 0 fully saturated rings. The average Bonchev–Trinajstić information content (AvgIpc) is 2.49. The van der Waals surface area contributed by atoms with Crippen molar-refractivity contribution in [2.24, 2.45) is 7.05 Å². The van der Waals surface area contributed by atoms with Crippen LogP contribution < -0.4 is 5.69 Å². The Labute approximate surface area is 81.4 Å². The molecule has 2 rings (SSSR count). The van der Waals surface area contributed by atoms with Crippen molar-refractivity contribution in [3.63, 3.8) is 0 Å². The summed E-state index contributed by atoms with van der Waals surface area (Å²) in [4.78, 5) is 11.6. The highest BCUT2D eigenvalue weighted by Crippen LogP contribution is 2.08. The largest absolute Gasteiger partial charge is 0.350 e. The zero-order valence-electron chi connectivity index (χ0n) is 8.14. The first kappa shape index (κ1) is 8.74. The van der Waals surface area contributed by atoms with Gasteiger partial charge < -0.3 is 0 Å². The van der Waals surface area contributed by atoms with Crippen molar-refractivity contribution in [3.8, 4) is 5.69 Å². The van der Waals surface area contributed by atoms with Gasteiger partial charge in [-0.1, -0.05) is 18.2 Å². The average molecular weight is 189 g/mol. The van der Waals surface area contributed by atoms with E-state index < -0.39 is 0 Å². The van der Waals surface area contributed by atoms with Crippen molar-refractivity contribution in [2.45, 2.75) is 6.92 Å². The van der Waals surface area contributed by atoms with Crippen molar-refractivity contribution in [1.82, 2.24) is 14.3 Å². The third-order valence-electron chi connectivity index (χ3n) is 2.17. The van der Waals surface area contributed by atoms with E-state index >= 15 is 0 Å². The van der Waals surface area contributed by atoms with Crippen LogP contribution in [0.4, 0.5) is 0 Å². The second kappa shape index (κ2) is 3.14. The molecule has 0 spiro atoms. The van der Waals surface area contributed by atoms with E-state index in [1.807, 2.05) is 31.2 Å². The maximum Gasteiger partial charge on any atom is 0.350 e. The summed E-state index contributed by atoms with van der Waals surface area (Å²) in [7, 11) is 1.68. The normalized spacial score (nSPS) is 10.4. The molecule has 1 heterocycles. The number of rotatable bonds is 1. The molecule has 0 saturated carbocycles. The van der Waals surface area contributed by atoms with Crippen LogP contribution in [0.5, 0.6) is 0 Å². The Bertz CT molecular complexity index is 510. The molecule has 72 valence electrons. The van der Waals surface area contributed by atoms with Gasteiger partial charge in [0, 0.05) is 7.05 Å². The molecule has 0 bridgehead atoms. The van der Waals surface area contributed by atoms with Crippen LogP contribution in [0, 0.1) is 6.92 Å². The molecule has 1 aromatic carbocycles. The molecule has 0 saturated heterocycles. The summed E-state index contributed by atoms with van der Waals surface area (Å²) in [6.45, 7) is 1.95. The molecule has 0 N–H and O–H groups in total. The number of hydrogen-bond donors (Lipinski definition) is 0. The Kier molecular flexibility index (Phi) is 1.96. The minimum absolute atomic E-state index is 0.126. The van der Waals surface area contributed by atoms with Gasteiger partial charge >= 0.3 is 5.69 Å². The number of hydrogen-bond acceptors (Lipinski definition) is 2. The lowest BCUT2D eigenvalue weighted by Crippen LogP contribution is -2.21. The SMILES string of the molecule is Cc1ccccc1-n1ncn(C)c1=O. The van der Waals surface area contributed by atoms with Crippen molar-refractivity contribution >= 4 is 0 Å². The molecule has 0 atom stereocenters. The molecule has 0 aliphatic rings. The number of benzene rings is 1. The Morgan fingerprint density at radius 1 is 1.29 bits per heavy atom. The molecule has 2 aromatic rings. The van der Waals surface area contributed by atoms with Gasteiger partial charge in [0.15, 0.2) is 0 Å². The molecule has 14 heavy (non-hydrogen) atoms. The van der Waals surface area contributed by atoms with Crippen LogP contribution in [-0.2, 0) is 7.05 Å². The van der Waals surface area contributed by atoms with Gasteiger partial charge in [-0.05, 0) is 18.6 Å². The first-order valence-electron chi connectivity index (χ1n) is 4.37. The molecule has 0 aliphatic heterocycles. The van der Waals surface area contributed by atoms with E-state index in [1.54, 1.807) is 7.05 Å². The summed E-state index contributed by atoms with van der Waals surface area (Å²) in [5.74, 6) is 0. The number of aryl methyl sites for hydroxylation is 2. The smallest absolute Gasteiger partial charge is 0.284 e. The van der Waals surface area contributed by atoms with Crippen molar-refractivity contribution in [1.29, 1.82) is 0 Å². The molecule has 0 radical (unpaired) electrons. The van der Waals surface area contributed by atoms with Crippen LogP contribution in [0.25, 0.3) is 5.69 Å². The van der Waals surface area contributed by atoms with Crippen molar-refractivity contribution < 1.29 is 0 Å². The molecular formula is C10H11N3O. The van der Waals surface area contributed by atoms with Gasteiger partial charge in [0.1, 0.15) is 6.33 Å². The third kappa shape index (κ3) is 1.25. The van der Waals surface area contributed by atoms with E-state index in [9.17, 15) is 4.79 Å². The second-order valence-corrected chi connectivity index (χ2v) is 3.22. The maximum absolute atomic E-state index is 11.6. The summed E-state index contributed by atoms with van der Waals surface area (Å²) in [5, 5.41) is 4.01. The van der Waals surface area contributed by atoms with E-state index in [0.29, 0.717) is 0 Å². The van der Waals surface area contributed by atoms with Gasteiger partial charge in [-0.15, -0.1) is 0 Å². The fraction of sp³-hybridized carbons (Fsp3) is 0.200. The lowest BCUT2D eigenvalue weighted by molar-refractivity contribution is 0.795.